The first-order chi connectivity index (χ1) is 13.3. The maximum absolute atomic E-state index is 14.6. The first-order valence-corrected chi connectivity index (χ1v) is 11.2. The van der Waals surface area contributed by atoms with Crippen molar-refractivity contribution in [3.8, 4) is 5.75 Å². The van der Waals surface area contributed by atoms with Crippen molar-refractivity contribution in [2.45, 2.75) is 57.2 Å². The summed E-state index contributed by atoms with van der Waals surface area (Å²) >= 11 is 0. The summed E-state index contributed by atoms with van der Waals surface area (Å²) in [6.45, 7) is 2.16. The molecular formula is C20H25FO6S. The fourth-order valence-corrected chi connectivity index (χ4v) is 7.44. The number of ether oxygens (including phenoxy) is 2. The third-order valence-corrected chi connectivity index (χ3v) is 8.41. The Morgan fingerprint density at radius 1 is 1.29 bits per heavy atom. The number of aryl methyl sites for hydroxylation is 1. The lowest BCUT2D eigenvalue weighted by Gasteiger charge is -2.50. The minimum atomic E-state index is -3.86. The normalized spacial score (nSPS) is 40.3. The lowest BCUT2D eigenvalue weighted by Crippen LogP contribution is -2.45. The van der Waals surface area contributed by atoms with E-state index in [0.29, 0.717) is 18.3 Å². The molecule has 1 heterocycles. The SMILES string of the molecule is COCOc1cc2c(cc1F)[C@H]1CC[C@@]3(C)[C@@H](C[C@@H]4OS(=O)(=O)O[C@@H]43)[C@@H]1CC2. The summed E-state index contributed by atoms with van der Waals surface area (Å²) in [5.74, 6) is 0.866. The Hall–Kier alpha value is -1.22. The van der Waals surface area contributed by atoms with Crippen LogP contribution in [0.15, 0.2) is 12.1 Å². The summed E-state index contributed by atoms with van der Waals surface area (Å²) in [5.41, 5.74) is 2.00. The molecule has 0 radical (unpaired) electrons. The summed E-state index contributed by atoms with van der Waals surface area (Å²) in [6, 6.07) is 3.45. The van der Waals surface area contributed by atoms with Crippen LogP contribution in [0.3, 0.4) is 0 Å². The van der Waals surface area contributed by atoms with E-state index in [1.54, 1.807) is 6.07 Å². The molecule has 0 N–H and O–H groups in total. The van der Waals surface area contributed by atoms with E-state index in [4.69, 9.17) is 17.8 Å². The molecule has 0 aromatic heterocycles. The van der Waals surface area contributed by atoms with Crippen molar-refractivity contribution in [3.63, 3.8) is 0 Å². The molecule has 0 bridgehead atoms. The lowest BCUT2D eigenvalue weighted by atomic mass is 9.55. The average molecular weight is 412 g/mol. The van der Waals surface area contributed by atoms with Gasteiger partial charge in [-0.1, -0.05) is 6.92 Å². The Balaban J connectivity index is 1.44. The molecule has 1 saturated heterocycles. The standard InChI is InChI=1S/C20H25FO6S/c1-20-6-5-12-13(15(20)9-18-19(20)27-28(22,23)26-18)4-3-11-7-17(25-10-24-2)16(21)8-14(11)12/h7-8,12-13,15,18-19H,3-6,9-10H2,1-2H3/t12-,13+,15-,18-,19-,20-/m0/s1. The highest BCUT2D eigenvalue weighted by Gasteiger charge is 2.64. The van der Waals surface area contributed by atoms with E-state index in [0.717, 1.165) is 36.8 Å². The molecule has 1 aliphatic heterocycles. The van der Waals surface area contributed by atoms with Gasteiger partial charge in [-0.3, -0.25) is 0 Å². The molecule has 28 heavy (non-hydrogen) atoms. The first-order valence-electron chi connectivity index (χ1n) is 9.88. The molecule has 5 rings (SSSR count). The van der Waals surface area contributed by atoms with Crippen LogP contribution in [0.5, 0.6) is 5.75 Å². The zero-order chi connectivity index (χ0) is 19.7. The molecule has 0 unspecified atom stereocenters. The van der Waals surface area contributed by atoms with Crippen molar-refractivity contribution in [1.82, 2.24) is 0 Å². The second-order valence-corrected chi connectivity index (χ2v) is 9.99. The zero-order valence-electron chi connectivity index (χ0n) is 16.0. The van der Waals surface area contributed by atoms with Crippen LogP contribution >= 0.6 is 0 Å². The fourth-order valence-electron chi connectivity index (χ4n) is 6.31. The van der Waals surface area contributed by atoms with Crippen LogP contribution in [0.1, 0.15) is 49.7 Å². The first kappa shape index (κ1) is 18.8. The third kappa shape index (κ3) is 2.72. The molecule has 154 valence electrons. The van der Waals surface area contributed by atoms with Gasteiger partial charge >= 0.3 is 10.4 Å². The lowest BCUT2D eigenvalue weighted by molar-refractivity contribution is -0.00580. The molecule has 4 aliphatic rings. The predicted molar refractivity (Wildman–Crippen MR) is 97.6 cm³/mol. The van der Waals surface area contributed by atoms with Gasteiger partial charge in [-0.2, -0.15) is 8.42 Å². The van der Waals surface area contributed by atoms with Crippen molar-refractivity contribution in [2.24, 2.45) is 17.3 Å². The van der Waals surface area contributed by atoms with Gasteiger partial charge in [0.2, 0.25) is 0 Å². The summed E-state index contributed by atoms with van der Waals surface area (Å²) in [5, 5.41) is 0. The Morgan fingerprint density at radius 2 is 2.11 bits per heavy atom. The summed E-state index contributed by atoms with van der Waals surface area (Å²) in [6.07, 6.45) is 3.51. The topological polar surface area (TPSA) is 71.1 Å². The molecule has 0 spiro atoms. The van der Waals surface area contributed by atoms with Gasteiger partial charge in [0.05, 0.1) is 0 Å². The van der Waals surface area contributed by atoms with E-state index in [2.05, 4.69) is 6.92 Å². The average Bonchev–Trinajstić information content (AvgIpc) is 3.10. The Labute approximate surface area is 164 Å². The van der Waals surface area contributed by atoms with Crippen LogP contribution in [-0.4, -0.2) is 34.5 Å². The maximum Gasteiger partial charge on any atom is 0.400 e. The van der Waals surface area contributed by atoms with Gasteiger partial charge < -0.3 is 9.47 Å². The van der Waals surface area contributed by atoms with Crippen molar-refractivity contribution in [1.29, 1.82) is 0 Å². The largest absolute Gasteiger partial charge is 0.464 e. The van der Waals surface area contributed by atoms with E-state index in [-0.39, 0.29) is 35.8 Å². The number of fused-ring (bicyclic) bond motifs is 7. The maximum atomic E-state index is 14.6. The van der Waals surface area contributed by atoms with Crippen molar-refractivity contribution >= 4 is 10.4 Å². The van der Waals surface area contributed by atoms with Crippen LogP contribution < -0.4 is 4.74 Å². The van der Waals surface area contributed by atoms with Crippen LogP contribution in [-0.2, 0) is 29.9 Å². The van der Waals surface area contributed by atoms with E-state index >= 15 is 0 Å². The minimum absolute atomic E-state index is 0.0217. The Morgan fingerprint density at radius 3 is 2.89 bits per heavy atom. The molecule has 3 fully saturated rings. The molecule has 6 atom stereocenters. The molecule has 6 nitrogen and oxygen atoms in total. The Bertz CT molecular complexity index is 902. The van der Waals surface area contributed by atoms with E-state index in [1.807, 2.05) is 6.07 Å². The summed E-state index contributed by atoms with van der Waals surface area (Å²) in [7, 11) is -2.35. The zero-order valence-corrected chi connectivity index (χ0v) is 16.8. The number of methoxy groups -OCH3 is 1. The molecule has 3 aliphatic carbocycles. The second kappa shape index (κ2) is 6.39. The van der Waals surface area contributed by atoms with E-state index < -0.39 is 16.5 Å². The highest BCUT2D eigenvalue weighted by Crippen LogP contribution is 2.63. The molecule has 2 saturated carbocycles. The minimum Gasteiger partial charge on any atom is -0.464 e. The predicted octanol–water partition coefficient (Wildman–Crippen LogP) is 3.30. The fraction of sp³-hybridized carbons (Fsp3) is 0.700. The van der Waals surface area contributed by atoms with Crippen molar-refractivity contribution < 1.29 is 30.6 Å². The van der Waals surface area contributed by atoms with Crippen LogP contribution in [0.25, 0.3) is 0 Å². The van der Waals surface area contributed by atoms with E-state index in [9.17, 15) is 12.8 Å². The molecule has 1 aromatic rings. The number of hydrogen-bond acceptors (Lipinski definition) is 6. The van der Waals surface area contributed by atoms with Gasteiger partial charge in [-0.15, -0.1) is 0 Å². The van der Waals surface area contributed by atoms with Gasteiger partial charge in [-0.25, -0.2) is 12.8 Å². The quantitative estimate of drug-likeness (QED) is 0.710. The van der Waals surface area contributed by atoms with Crippen molar-refractivity contribution in [2.75, 3.05) is 13.9 Å². The molecule has 8 heteroatoms. The van der Waals surface area contributed by atoms with Gasteiger partial charge in [-0.05, 0) is 73.1 Å². The molecule has 1 aromatic carbocycles. The van der Waals surface area contributed by atoms with E-state index in [1.165, 1.54) is 7.11 Å². The van der Waals surface area contributed by atoms with Crippen molar-refractivity contribution in [3.05, 3.63) is 29.1 Å². The number of halogens is 1. The highest BCUT2D eigenvalue weighted by molar-refractivity contribution is 7.82. The number of hydrogen-bond donors (Lipinski definition) is 0. The van der Waals surface area contributed by atoms with Crippen LogP contribution in [0.4, 0.5) is 4.39 Å². The Kier molecular flexibility index (Phi) is 4.29. The number of benzene rings is 1. The summed E-state index contributed by atoms with van der Waals surface area (Å²) in [4.78, 5) is 0. The second-order valence-electron chi connectivity index (χ2n) is 8.79. The molecular weight excluding hydrogens is 387 g/mol. The van der Waals surface area contributed by atoms with Crippen LogP contribution in [0.2, 0.25) is 0 Å². The van der Waals surface area contributed by atoms with Gasteiger partial charge in [0.25, 0.3) is 0 Å². The van der Waals surface area contributed by atoms with Gasteiger partial charge in [0.15, 0.2) is 18.4 Å². The monoisotopic (exact) mass is 412 g/mol. The van der Waals surface area contributed by atoms with Crippen LogP contribution in [0, 0.1) is 23.1 Å². The number of rotatable bonds is 3. The van der Waals surface area contributed by atoms with Gasteiger partial charge in [0, 0.05) is 12.5 Å². The molecule has 0 amide bonds. The smallest absolute Gasteiger partial charge is 0.400 e. The van der Waals surface area contributed by atoms with Gasteiger partial charge in [0.1, 0.15) is 12.2 Å². The third-order valence-electron chi connectivity index (χ3n) is 7.48. The highest BCUT2D eigenvalue weighted by atomic mass is 32.3. The summed E-state index contributed by atoms with van der Waals surface area (Å²) < 4.78 is 58.9.